The monoisotopic (exact) mass is 436 g/mol. The van der Waals surface area contributed by atoms with Crippen LogP contribution in [-0.2, 0) is 5.60 Å². The smallest absolute Gasteiger partial charge is 0.178 e. The fourth-order valence-corrected chi connectivity index (χ4v) is 4.53. The summed E-state index contributed by atoms with van der Waals surface area (Å²) in [5, 5.41) is 2.43. The van der Waals surface area contributed by atoms with Gasteiger partial charge in [-0.05, 0) is 64.7 Å². The Balaban J connectivity index is 1.66. The highest BCUT2D eigenvalue weighted by molar-refractivity contribution is 5.94. The summed E-state index contributed by atoms with van der Waals surface area (Å²) >= 11 is 0. The third-order valence-electron chi connectivity index (χ3n) is 6.51. The highest BCUT2D eigenvalue weighted by atomic mass is 16.5. The van der Waals surface area contributed by atoms with E-state index < -0.39 is 5.60 Å². The highest BCUT2D eigenvalue weighted by Gasteiger charge is 2.37. The van der Waals surface area contributed by atoms with Gasteiger partial charge in [-0.3, -0.25) is 0 Å². The van der Waals surface area contributed by atoms with Gasteiger partial charge < -0.3 is 14.2 Å². The van der Waals surface area contributed by atoms with Crippen LogP contribution in [0.2, 0.25) is 0 Å². The van der Waals surface area contributed by atoms with Crippen LogP contribution < -0.4 is 14.2 Å². The molecule has 4 aromatic carbocycles. The van der Waals surface area contributed by atoms with E-state index in [4.69, 9.17) is 14.2 Å². The van der Waals surface area contributed by atoms with Crippen LogP contribution in [0.25, 0.3) is 16.8 Å². The van der Waals surface area contributed by atoms with Crippen molar-refractivity contribution in [3.8, 4) is 17.2 Å². The first kappa shape index (κ1) is 21.1. The molecule has 0 amide bonds. The number of rotatable bonds is 5. The number of fused-ring (bicyclic) bond motifs is 3. The van der Waals surface area contributed by atoms with E-state index in [9.17, 15) is 0 Å². The van der Waals surface area contributed by atoms with Gasteiger partial charge in [0.1, 0.15) is 17.2 Å². The Bertz CT molecular complexity index is 1270. The maximum atomic E-state index is 6.86. The molecule has 0 bridgehead atoms. The lowest BCUT2D eigenvalue weighted by Gasteiger charge is -2.36. The van der Waals surface area contributed by atoms with E-state index >= 15 is 0 Å². The van der Waals surface area contributed by atoms with E-state index in [1.165, 1.54) is 16.3 Å². The normalized spacial score (nSPS) is 14.1. The summed E-state index contributed by atoms with van der Waals surface area (Å²) in [6.45, 7) is 4.45. The van der Waals surface area contributed by atoms with E-state index in [1.54, 1.807) is 14.2 Å². The van der Waals surface area contributed by atoms with Crippen molar-refractivity contribution in [1.29, 1.82) is 0 Å². The third-order valence-corrected chi connectivity index (χ3v) is 6.51. The van der Waals surface area contributed by atoms with E-state index in [2.05, 4.69) is 80.6 Å². The average Bonchev–Trinajstić information content (AvgIpc) is 2.88. The van der Waals surface area contributed by atoms with Crippen LogP contribution in [0, 0.1) is 0 Å². The minimum atomic E-state index is -0.753. The van der Waals surface area contributed by atoms with Crippen LogP contribution in [0.4, 0.5) is 0 Å². The maximum absolute atomic E-state index is 6.86. The summed E-state index contributed by atoms with van der Waals surface area (Å²) in [7, 11) is 3.36. The summed E-state index contributed by atoms with van der Waals surface area (Å²) in [4.78, 5) is 0. The molecular weight excluding hydrogens is 408 g/mol. The standard InChI is InChI=1S/C30H28O3/c1-20(2)21-5-15-27-22(19-21)6-16-29-28(27)17-18-30(33-29,23-7-11-25(31-3)12-8-23)24-9-13-26(32-4)14-10-24/h5-20H,1-4H3. The van der Waals surface area contributed by atoms with Crippen LogP contribution >= 0.6 is 0 Å². The topological polar surface area (TPSA) is 27.7 Å². The van der Waals surface area contributed by atoms with Crippen molar-refractivity contribution in [2.24, 2.45) is 0 Å². The Morgan fingerprint density at radius 2 is 1.33 bits per heavy atom. The van der Waals surface area contributed by atoms with Gasteiger partial charge in [-0.15, -0.1) is 0 Å². The molecule has 33 heavy (non-hydrogen) atoms. The fourth-order valence-electron chi connectivity index (χ4n) is 4.53. The Morgan fingerprint density at radius 1 is 0.727 bits per heavy atom. The fraction of sp³-hybridized carbons (Fsp3) is 0.200. The zero-order chi connectivity index (χ0) is 23.0. The number of ether oxygens (including phenoxy) is 3. The van der Waals surface area contributed by atoms with Crippen LogP contribution in [0.5, 0.6) is 17.2 Å². The summed E-state index contributed by atoms with van der Waals surface area (Å²) in [5.41, 5.74) is 3.77. The molecule has 0 fully saturated rings. The third kappa shape index (κ3) is 3.64. The molecule has 166 valence electrons. The van der Waals surface area contributed by atoms with Gasteiger partial charge in [0.05, 0.1) is 14.2 Å². The summed E-state index contributed by atoms with van der Waals surface area (Å²) < 4.78 is 17.6. The number of methoxy groups -OCH3 is 2. The number of hydrogen-bond acceptors (Lipinski definition) is 3. The van der Waals surface area contributed by atoms with E-state index in [1.807, 2.05) is 24.3 Å². The van der Waals surface area contributed by atoms with Crippen molar-refractivity contribution in [3.05, 3.63) is 107 Å². The van der Waals surface area contributed by atoms with Gasteiger partial charge in [-0.1, -0.05) is 62.4 Å². The Labute approximate surface area is 195 Å². The molecule has 0 aromatic heterocycles. The molecule has 5 rings (SSSR count). The van der Waals surface area contributed by atoms with Gasteiger partial charge in [-0.25, -0.2) is 0 Å². The van der Waals surface area contributed by atoms with Crippen molar-refractivity contribution in [1.82, 2.24) is 0 Å². The Morgan fingerprint density at radius 3 is 1.88 bits per heavy atom. The molecular formula is C30H28O3. The first-order valence-electron chi connectivity index (χ1n) is 11.3. The summed E-state index contributed by atoms with van der Waals surface area (Å²) in [6.07, 6.45) is 4.36. The molecule has 0 saturated heterocycles. The molecule has 0 atom stereocenters. The van der Waals surface area contributed by atoms with Gasteiger partial charge in [0, 0.05) is 16.7 Å². The maximum Gasteiger partial charge on any atom is 0.178 e. The van der Waals surface area contributed by atoms with Gasteiger partial charge in [-0.2, -0.15) is 0 Å². The van der Waals surface area contributed by atoms with E-state index in [0.29, 0.717) is 5.92 Å². The van der Waals surface area contributed by atoms with Crippen molar-refractivity contribution in [2.75, 3.05) is 14.2 Å². The Kier molecular flexibility index (Phi) is 5.33. The summed E-state index contributed by atoms with van der Waals surface area (Å²) in [6, 6.07) is 27.1. The lowest BCUT2D eigenvalue weighted by atomic mass is 9.83. The van der Waals surface area contributed by atoms with Crippen LogP contribution in [0.3, 0.4) is 0 Å². The second kappa shape index (κ2) is 8.32. The summed E-state index contributed by atoms with van der Waals surface area (Å²) in [5.74, 6) is 3.00. The van der Waals surface area contributed by atoms with Gasteiger partial charge in [0.15, 0.2) is 5.60 Å². The van der Waals surface area contributed by atoms with Crippen LogP contribution in [0.1, 0.15) is 42.0 Å². The lowest BCUT2D eigenvalue weighted by molar-refractivity contribution is 0.161. The highest BCUT2D eigenvalue weighted by Crippen LogP contribution is 2.45. The predicted octanol–water partition coefficient (Wildman–Crippen LogP) is 7.33. The molecule has 3 heteroatoms. The van der Waals surface area contributed by atoms with Crippen molar-refractivity contribution < 1.29 is 14.2 Å². The molecule has 0 aliphatic carbocycles. The van der Waals surface area contributed by atoms with Crippen molar-refractivity contribution >= 4 is 16.8 Å². The van der Waals surface area contributed by atoms with Gasteiger partial charge in [0.25, 0.3) is 0 Å². The second-order valence-electron chi connectivity index (χ2n) is 8.74. The molecule has 0 N–H and O–H groups in total. The van der Waals surface area contributed by atoms with Crippen molar-refractivity contribution in [3.63, 3.8) is 0 Å². The first-order chi connectivity index (χ1) is 16.0. The predicted molar refractivity (Wildman–Crippen MR) is 134 cm³/mol. The number of benzene rings is 4. The molecule has 1 heterocycles. The average molecular weight is 437 g/mol. The van der Waals surface area contributed by atoms with Crippen molar-refractivity contribution in [2.45, 2.75) is 25.4 Å². The molecule has 0 spiro atoms. The molecule has 3 nitrogen and oxygen atoms in total. The minimum absolute atomic E-state index is 0.495. The van der Waals surface area contributed by atoms with Crippen LogP contribution in [-0.4, -0.2) is 14.2 Å². The SMILES string of the molecule is COc1ccc(C2(c3ccc(OC)cc3)C=Cc3c(ccc4cc(C(C)C)ccc34)O2)cc1. The molecule has 0 unspecified atom stereocenters. The molecule has 0 saturated carbocycles. The van der Waals surface area contributed by atoms with Crippen LogP contribution in [0.15, 0.2) is 84.9 Å². The number of hydrogen-bond donors (Lipinski definition) is 0. The van der Waals surface area contributed by atoms with E-state index in [-0.39, 0.29) is 0 Å². The largest absolute Gasteiger partial charge is 0.497 e. The zero-order valence-electron chi connectivity index (χ0n) is 19.5. The molecule has 1 aliphatic heterocycles. The molecule has 4 aromatic rings. The second-order valence-corrected chi connectivity index (χ2v) is 8.74. The Hall–Kier alpha value is -3.72. The van der Waals surface area contributed by atoms with E-state index in [0.717, 1.165) is 33.9 Å². The molecule has 0 radical (unpaired) electrons. The first-order valence-corrected chi connectivity index (χ1v) is 11.3. The quantitative estimate of drug-likeness (QED) is 0.328. The van der Waals surface area contributed by atoms with Gasteiger partial charge >= 0.3 is 0 Å². The lowest BCUT2D eigenvalue weighted by Crippen LogP contribution is -2.34. The molecule has 1 aliphatic rings. The van der Waals surface area contributed by atoms with Gasteiger partial charge in [0.2, 0.25) is 0 Å². The minimum Gasteiger partial charge on any atom is -0.497 e. The zero-order valence-corrected chi connectivity index (χ0v) is 19.5.